The molecule has 0 aliphatic carbocycles. The molecule has 0 aromatic carbocycles. The molecule has 0 aliphatic rings. The normalized spacial score (nSPS) is 11.7. The van der Waals surface area contributed by atoms with Crippen molar-refractivity contribution in [1.82, 2.24) is 4.98 Å². The van der Waals surface area contributed by atoms with E-state index in [1.807, 2.05) is 6.07 Å². The fourth-order valence-corrected chi connectivity index (χ4v) is 1.06. The van der Waals surface area contributed by atoms with Gasteiger partial charge in [0.05, 0.1) is 23.8 Å². The Morgan fingerprint density at radius 1 is 1.71 bits per heavy atom. The average Bonchev–Trinajstić information content (AvgIpc) is 2.26. The lowest BCUT2D eigenvalue weighted by atomic mass is 10.1. The van der Waals surface area contributed by atoms with Crippen LogP contribution in [0.5, 0.6) is 0 Å². The van der Waals surface area contributed by atoms with Crippen LogP contribution in [0, 0.1) is 11.3 Å². The van der Waals surface area contributed by atoms with E-state index in [0.717, 1.165) is 6.29 Å². The third kappa shape index (κ3) is 2.38. The number of hydrogen-bond donors (Lipinski definition) is 0. The van der Waals surface area contributed by atoms with Gasteiger partial charge in [-0.25, -0.2) is 0 Å². The van der Waals surface area contributed by atoms with Crippen LogP contribution in [0.15, 0.2) is 18.3 Å². The molecule has 1 rings (SSSR count). The number of ether oxygens (including phenoxy) is 1. The Bertz CT molecular complexity index is 340. The zero-order valence-electron chi connectivity index (χ0n) is 7.80. The third-order valence-corrected chi connectivity index (χ3v) is 1.81. The number of nitrogens with zero attached hydrogens (tertiary/aromatic N) is 2. The summed E-state index contributed by atoms with van der Waals surface area (Å²) in [4.78, 5) is 14.7. The minimum absolute atomic E-state index is 0.308. The van der Waals surface area contributed by atoms with E-state index < -0.39 is 0 Å². The van der Waals surface area contributed by atoms with Gasteiger partial charge in [-0.05, 0) is 12.1 Å². The fourth-order valence-electron chi connectivity index (χ4n) is 1.06. The second-order valence-corrected chi connectivity index (χ2v) is 2.78. The number of hydrogen-bond acceptors (Lipinski definition) is 4. The molecule has 0 radical (unpaired) electrons. The lowest BCUT2D eigenvalue weighted by Crippen LogP contribution is -2.09. The Morgan fingerprint density at radius 2 is 2.50 bits per heavy atom. The topological polar surface area (TPSA) is 63.0 Å². The van der Waals surface area contributed by atoms with Gasteiger partial charge >= 0.3 is 0 Å². The van der Waals surface area contributed by atoms with E-state index in [4.69, 9.17) is 10.00 Å². The van der Waals surface area contributed by atoms with Crippen LogP contribution in [0.1, 0.15) is 17.2 Å². The van der Waals surface area contributed by atoms with Gasteiger partial charge in [-0.1, -0.05) is 0 Å². The quantitative estimate of drug-likeness (QED) is 0.661. The van der Waals surface area contributed by atoms with Gasteiger partial charge < -0.3 is 9.53 Å². The SMILES string of the molecule is COCC(C=O)c1ccc(C#N)cn1. The second-order valence-electron chi connectivity index (χ2n) is 2.78. The first-order valence-corrected chi connectivity index (χ1v) is 4.12. The molecular formula is C10H10N2O2. The molecule has 4 heteroatoms. The fraction of sp³-hybridized carbons (Fsp3) is 0.300. The monoisotopic (exact) mass is 190 g/mol. The summed E-state index contributed by atoms with van der Waals surface area (Å²) in [6.07, 6.45) is 2.24. The number of pyridine rings is 1. The summed E-state index contributed by atoms with van der Waals surface area (Å²) >= 11 is 0. The largest absolute Gasteiger partial charge is 0.384 e. The molecular weight excluding hydrogens is 180 g/mol. The molecule has 72 valence electrons. The molecule has 0 N–H and O–H groups in total. The highest BCUT2D eigenvalue weighted by Gasteiger charge is 2.10. The molecule has 0 fully saturated rings. The van der Waals surface area contributed by atoms with Crippen LogP contribution >= 0.6 is 0 Å². The molecule has 1 aromatic heterocycles. The van der Waals surface area contributed by atoms with Crippen molar-refractivity contribution in [3.63, 3.8) is 0 Å². The van der Waals surface area contributed by atoms with Gasteiger partial charge in [0.25, 0.3) is 0 Å². The standard InChI is InChI=1S/C10H10N2O2/c1-14-7-9(6-13)10-3-2-8(4-11)5-12-10/h2-3,5-6,9H,7H2,1H3. The second kappa shape index (κ2) is 5.10. The van der Waals surface area contributed by atoms with Crippen LogP contribution in [0.4, 0.5) is 0 Å². The maximum Gasteiger partial charge on any atom is 0.131 e. The molecule has 1 unspecified atom stereocenters. The molecule has 4 nitrogen and oxygen atoms in total. The predicted molar refractivity (Wildman–Crippen MR) is 49.6 cm³/mol. The van der Waals surface area contributed by atoms with E-state index >= 15 is 0 Å². The first-order valence-electron chi connectivity index (χ1n) is 4.12. The van der Waals surface area contributed by atoms with Gasteiger partial charge in [-0.2, -0.15) is 5.26 Å². The van der Waals surface area contributed by atoms with Gasteiger partial charge in [0.2, 0.25) is 0 Å². The van der Waals surface area contributed by atoms with Crippen LogP contribution in [0.3, 0.4) is 0 Å². The number of nitriles is 1. The molecule has 1 atom stereocenters. The number of aldehydes is 1. The molecule has 1 heterocycles. The van der Waals surface area contributed by atoms with Crippen LogP contribution in [-0.4, -0.2) is 25.0 Å². The zero-order valence-corrected chi connectivity index (χ0v) is 7.80. The van der Waals surface area contributed by atoms with Crippen molar-refractivity contribution in [2.75, 3.05) is 13.7 Å². The van der Waals surface area contributed by atoms with Crippen LogP contribution < -0.4 is 0 Å². The molecule has 0 aliphatic heterocycles. The molecule has 0 saturated carbocycles. The lowest BCUT2D eigenvalue weighted by Gasteiger charge is -2.07. The van der Waals surface area contributed by atoms with Crippen molar-refractivity contribution in [2.24, 2.45) is 0 Å². The minimum Gasteiger partial charge on any atom is -0.384 e. The third-order valence-electron chi connectivity index (χ3n) is 1.81. The highest BCUT2D eigenvalue weighted by Crippen LogP contribution is 2.11. The van der Waals surface area contributed by atoms with Crippen molar-refractivity contribution >= 4 is 6.29 Å². The maximum absolute atomic E-state index is 10.7. The van der Waals surface area contributed by atoms with Gasteiger partial charge in [0, 0.05) is 13.3 Å². The summed E-state index contributed by atoms with van der Waals surface area (Å²) < 4.78 is 4.87. The number of aromatic nitrogens is 1. The molecule has 0 saturated heterocycles. The lowest BCUT2D eigenvalue weighted by molar-refractivity contribution is -0.110. The molecule has 1 aromatic rings. The smallest absolute Gasteiger partial charge is 0.131 e. The number of carbonyl (C=O) groups is 1. The van der Waals surface area contributed by atoms with E-state index in [1.165, 1.54) is 13.3 Å². The average molecular weight is 190 g/mol. The van der Waals surface area contributed by atoms with E-state index in [-0.39, 0.29) is 5.92 Å². The Balaban J connectivity index is 2.84. The van der Waals surface area contributed by atoms with E-state index in [1.54, 1.807) is 12.1 Å². The van der Waals surface area contributed by atoms with Crippen LogP contribution in [0.25, 0.3) is 0 Å². The van der Waals surface area contributed by atoms with Crippen molar-refractivity contribution in [3.05, 3.63) is 29.6 Å². The number of carbonyl (C=O) groups excluding carboxylic acids is 1. The summed E-state index contributed by atoms with van der Waals surface area (Å²) in [5.41, 5.74) is 1.11. The highest BCUT2D eigenvalue weighted by atomic mass is 16.5. The summed E-state index contributed by atoms with van der Waals surface area (Å²) in [7, 11) is 1.53. The maximum atomic E-state index is 10.7. The first kappa shape index (κ1) is 10.4. The zero-order chi connectivity index (χ0) is 10.4. The number of rotatable bonds is 4. The predicted octanol–water partition coefficient (Wildman–Crippen LogP) is 0.882. The van der Waals surface area contributed by atoms with Crippen molar-refractivity contribution in [2.45, 2.75) is 5.92 Å². The van der Waals surface area contributed by atoms with Gasteiger partial charge in [0.15, 0.2) is 0 Å². The summed E-state index contributed by atoms with van der Waals surface area (Å²) in [5.74, 6) is -0.354. The molecule has 14 heavy (non-hydrogen) atoms. The molecule has 0 spiro atoms. The first-order chi connectivity index (χ1) is 6.81. The van der Waals surface area contributed by atoms with E-state index in [0.29, 0.717) is 17.9 Å². The van der Waals surface area contributed by atoms with E-state index in [2.05, 4.69) is 4.98 Å². The van der Waals surface area contributed by atoms with Crippen molar-refractivity contribution in [1.29, 1.82) is 5.26 Å². The molecule has 0 bridgehead atoms. The van der Waals surface area contributed by atoms with Gasteiger partial charge in [-0.3, -0.25) is 4.98 Å². The Kier molecular flexibility index (Phi) is 3.77. The summed E-state index contributed by atoms with van der Waals surface area (Å²) in [5, 5.41) is 8.54. The van der Waals surface area contributed by atoms with Crippen LogP contribution in [0.2, 0.25) is 0 Å². The Labute approximate surface area is 82.1 Å². The summed E-state index contributed by atoms with van der Waals surface area (Å²) in [6, 6.07) is 5.26. The highest BCUT2D eigenvalue weighted by molar-refractivity contribution is 5.61. The van der Waals surface area contributed by atoms with Crippen molar-refractivity contribution < 1.29 is 9.53 Å². The van der Waals surface area contributed by atoms with Gasteiger partial charge in [-0.15, -0.1) is 0 Å². The van der Waals surface area contributed by atoms with Crippen molar-refractivity contribution in [3.8, 4) is 6.07 Å². The van der Waals surface area contributed by atoms with Gasteiger partial charge in [0.1, 0.15) is 12.4 Å². The van der Waals surface area contributed by atoms with Crippen LogP contribution in [-0.2, 0) is 9.53 Å². The Morgan fingerprint density at radius 3 is 2.93 bits per heavy atom. The number of methoxy groups -OCH3 is 1. The van der Waals surface area contributed by atoms with E-state index in [9.17, 15) is 4.79 Å². The summed E-state index contributed by atoms with van der Waals surface area (Å²) in [6.45, 7) is 0.308. The Hall–Kier alpha value is -1.73. The minimum atomic E-state index is -0.354. The molecule has 0 amide bonds.